The van der Waals surface area contributed by atoms with Crippen LogP contribution < -0.4 is 0 Å². The van der Waals surface area contributed by atoms with E-state index in [1.165, 1.54) is 6.07 Å². The number of H-pyrrole nitrogens is 1. The van der Waals surface area contributed by atoms with Crippen molar-refractivity contribution in [2.45, 2.75) is 0 Å². The highest BCUT2D eigenvalue weighted by Gasteiger charge is 2.08. The minimum atomic E-state index is -0.213. The highest BCUT2D eigenvalue weighted by molar-refractivity contribution is 14.1. The van der Waals surface area contributed by atoms with Gasteiger partial charge >= 0.3 is 0 Å². The number of rotatable bonds is 0. The Morgan fingerprint density at radius 3 is 2.83 bits per heavy atom. The molecular weight excluding hydrogens is 385 g/mol. The van der Waals surface area contributed by atoms with E-state index in [9.17, 15) is 4.39 Å². The summed E-state index contributed by atoms with van der Waals surface area (Å²) < 4.78 is 14.9. The third kappa shape index (κ3) is 1.32. The zero-order chi connectivity index (χ0) is 8.72. The van der Waals surface area contributed by atoms with Crippen molar-refractivity contribution < 1.29 is 4.39 Å². The number of nitrogens with zero attached hydrogens (tertiary/aromatic N) is 1. The number of aromatic amines is 1. The van der Waals surface area contributed by atoms with E-state index in [-0.39, 0.29) is 5.82 Å². The average molecular weight is 388 g/mol. The van der Waals surface area contributed by atoms with Crippen LogP contribution in [0.1, 0.15) is 0 Å². The van der Waals surface area contributed by atoms with Gasteiger partial charge in [-0.25, -0.2) is 4.39 Å². The van der Waals surface area contributed by atoms with E-state index in [2.05, 4.69) is 32.8 Å². The number of fused-ring (bicyclic) bond motifs is 1. The second-order valence-corrected chi connectivity index (χ2v) is 4.64. The van der Waals surface area contributed by atoms with E-state index >= 15 is 0 Å². The molecular formula is C7H3FI2N2. The Morgan fingerprint density at radius 1 is 1.33 bits per heavy atom. The van der Waals surface area contributed by atoms with E-state index in [4.69, 9.17) is 0 Å². The molecule has 2 aromatic rings. The Bertz CT molecular complexity index is 438. The quantitative estimate of drug-likeness (QED) is 0.692. The van der Waals surface area contributed by atoms with Crippen molar-refractivity contribution in [1.82, 2.24) is 10.2 Å². The molecule has 1 aromatic heterocycles. The van der Waals surface area contributed by atoms with Crippen LogP contribution in [-0.4, -0.2) is 10.2 Å². The Balaban J connectivity index is 2.93. The first-order valence-corrected chi connectivity index (χ1v) is 5.33. The van der Waals surface area contributed by atoms with Crippen LogP contribution in [0, 0.1) is 13.1 Å². The molecule has 2 rings (SSSR count). The Kier molecular flexibility index (Phi) is 2.23. The highest BCUT2D eigenvalue weighted by atomic mass is 127. The van der Waals surface area contributed by atoms with Gasteiger partial charge in [-0.1, -0.05) is 0 Å². The van der Waals surface area contributed by atoms with Gasteiger partial charge in [-0.2, -0.15) is 5.10 Å². The van der Waals surface area contributed by atoms with Crippen LogP contribution in [-0.2, 0) is 0 Å². The maximum atomic E-state index is 13.3. The number of aromatic nitrogens is 2. The molecule has 0 saturated carbocycles. The van der Waals surface area contributed by atoms with Crippen molar-refractivity contribution in [3.63, 3.8) is 0 Å². The van der Waals surface area contributed by atoms with E-state index in [0.29, 0.717) is 10.9 Å². The maximum Gasteiger partial charge on any atom is 0.136 e. The van der Waals surface area contributed by atoms with Gasteiger partial charge in [-0.3, -0.25) is 5.10 Å². The van der Waals surface area contributed by atoms with Crippen molar-refractivity contribution in [3.8, 4) is 0 Å². The Hall–Kier alpha value is 0.0800. The van der Waals surface area contributed by atoms with Crippen molar-refractivity contribution in [1.29, 1.82) is 0 Å². The predicted octanol–water partition coefficient (Wildman–Crippen LogP) is 2.91. The summed E-state index contributed by atoms with van der Waals surface area (Å²) >= 11 is 4.10. The molecule has 0 radical (unpaired) electrons. The normalized spacial score (nSPS) is 10.9. The molecule has 1 heterocycles. The summed E-state index contributed by atoms with van der Waals surface area (Å²) in [6, 6.07) is 3.35. The van der Waals surface area contributed by atoms with E-state index < -0.39 is 0 Å². The first-order chi connectivity index (χ1) is 5.68. The molecule has 0 aliphatic heterocycles. The number of hydrogen-bond donors (Lipinski definition) is 1. The molecule has 1 N–H and O–H groups in total. The minimum absolute atomic E-state index is 0.213. The maximum absolute atomic E-state index is 13.3. The van der Waals surface area contributed by atoms with Crippen LogP contribution in [0.25, 0.3) is 10.9 Å². The standard InChI is InChI=1S/C7H3FI2N2/c8-4-1-3(9)2-5-6(4)7(10)12-11-5/h1-2H,(H,11,12). The summed E-state index contributed by atoms with van der Waals surface area (Å²) in [5.74, 6) is -0.213. The van der Waals surface area contributed by atoms with Crippen LogP contribution in [0.3, 0.4) is 0 Å². The number of benzene rings is 1. The first kappa shape index (κ1) is 8.67. The number of hydrogen-bond acceptors (Lipinski definition) is 1. The van der Waals surface area contributed by atoms with Gasteiger partial charge in [0, 0.05) is 3.57 Å². The van der Waals surface area contributed by atoms with Crippen molar-refractivity contribution in [2.24, 2.45) is 0 Å². The van der Waals surface area contributed by atoms with E-state index in [1.54, 1.807) is 0 Å². The molecule has 0 atom stereocenters. The van der Waals surface area contributed by atoms with Crippen LogP contribution in [0.2, 0.25) is 0 Å². The fourth-order valence-corrected chi connectivity index (χ4v) is 2.25. The fraction of sp³-hybridized carbons (Fsp3) is 0. The van der Waals surface area contributed by atoms with Gasteiger partial charge in [0.2, 0.25) is 0 Å². The third-order valence-corrected chi connectivity index (χ3v) is 2.93. The monoisotopic (exact) mass is 388 g/mol. The number of halogens is 3. The van der Waals surface area contributed by atoms with Crippen LogP contribution in [0.4, 0.5) is 4.39 Å². The van der Waals surface area contributed by atoms with Gasteiger partial charge < -0.3 is 0 Å². The smallest absolute Gasteiger partial charge is 0.136 e. The fourth-order valence-electron chi connectivity index (χ4n) is 1.03. The Labute approximate surface area is 95.2 Å². The summed E-state index contributed by atoms with van der Waals surface area (Å²) in [6.07, 6.45) is 0. The average Bonchev–Trinajstić information content (AvgIpc) is 2.31. The van der Waals surface area contributed by atoms with Gasteiger partial charge in [-0.15, -0.1) is 0 Å². The largest absolute Gasteiger partial charge is 0.271 e. The molecule has 62 valence electrons. The van der Waals surface area contributed by atoms with E-state index in [0.717, 1.165) is 7.27 Å². The molecule has 0 amide bonds. The lowest BCUT2D eigenvalue weighted by Gasteiger charge is -1.93. The molecule has 0 aliphatic carbocycles. The topological polar surface area (TPSA) is 28.7 Å². The summed E-state index contributed by atoms with van der Waals surface area (Å²) in [5.41, 5.74) is 0.684. The van der Waals surface area contributed by atoms with Crippen molar-refractivity contribution in [2.75, 3.05) is 0 Å². The van der Waals surface area contributed by atoms with Crippen molar-refractivity contribution >= 4 is 56.1 Å². The zero-order valence-electron chi connectivity index (χ0n) is 5.74. The SMILES string of the molecule is Fc1cc(I)cc2n[nH]c(I)c12. The van der Waals surface area contributed by atoms with E-state index in [1.807, 2.05) is 28.7 Å². The van der Waals surface area contributed by atoms with Gasteiger partial charge in [-0.05, 0) is 57.3 Å². The molecule has 0 saturated heterocycles. The van der Waals surface area contributed by atoms with Crippen molar-refractivity contribution in [3.05, 3.63) is 25.2 Å². The lowest BCUT2D eigenvalue weighted by Crippen LogP contribution is -1.80. The van der Waals surface area contributed by atoms with Gasteiger partial charge in [0.25, 0.3) is 0 Å². The molecule has 1 aromatic carbocycles. The summed E-state index contributed by atoms with van der Waals surface area (Å²) in [4.78, 5) is 0. The highest BCUT2D eigenvalue weighted by Crippen LogP contribution is 2.23. The molecule has 2 nitrogen and oxygen atoms in total. The Morgan fingerprint density at radius 2 is 2.08 bits per heavy atom. The lowest BCUT2D eigenvalue weighted by atomic mass is 10.2. The van der Waals surface area contributed by atoms with Gasteiger partial charge in [0.05, 0.1) is 10.9 Å². The molecule has 0 fully saturated rings. The predicted molar refractivity (Wildman–Crippen MR) is 61.5 cm³/mol. The summed E-state index contributed by atoms with van der Waals surface area (Å²) in [5, 5.41) is 7.28. The second-order valence-electron chi connectivity index (χ2n) is 2.32. The molecule has 0 aliphatic rings. The second kappa shape index (κ2) is 3.09. The van der Waals surface area contributed by atoms with Gasteiger partial charge in [0.15, 0.2) is 0 Å². The van der Waals surface area contributed by atoms with Crippen LogP contribution in [0.15, 0.2) is 12.1 Å². The molecule has 0 unspecified atom stereocenters. The summed E-state index contributed by atoms with van der Waals surface area (Å²) in [7, 11) is 0. The molecule has 12 heavy (non-hydrogen) atoms. The van der Waals surface area contributed by atoms with Crippen LogP contribution >= 0.6 is 45.2 Å². The third-order valence-electron chi connectivity index (χ3n) is 1.53. The van der Waals surface area contributed by atoms with Crippen LogP contribution in [0.5, 0.6) is 0 Å². The summed E-state index contributed by atoms with van der Waals surface area (Å²) in [6.45, 7) is 0. The molecule has 0 spiro atoms. The number of nitrogens with one attached hydrogen (secondary N) is 1. The first-order valence-electron chi connectivity index (χ1n) is 3.17. The zero-order valence-corrected chi connectivity index (χ0v) is 10.1. The minimum Gasteiger partial charge on any atom is -0.271 e. The lowest BCUT2D eigenvalue weighted by molar-refractivity contribution is 0.638. The molecule has 0 bridgehead atoms. The van der Waals surface area contributed by atoms with Gasteiger partial charge in [0.1, 0.15) is 9.52 Å². The molecule has 5 heteroatoms.